The highest BCUT2D eigenvalue weighted by Crippen LogP contribution is 1.64. The molecule has 0 saturated carbocycles. The van der Waals surface area contributed by atoms with Crippen molar-refractivity contribution in [3.05, 3.63) is 0 Å². The SMILES string of the molecule is CO[Si](=O)[Si](=O)[SiH]=O. The molecule has 0 spiro atoms. The Morgan fingerprint density at radius 3 is 2.12 bits per heavy atom. The molecule has 4 nitrogen and oxygen atoms in total. The molecule has 0 rings (SSSR count). The topological polar surface area (TPSA) is 60.4 Å². The molecule has 0 saturated heterocycles. The van der Waals surface area contributed by atoms with Crippen molar-refractivity contribution < 1.29 is 17.8 Å². The third kappa shape index (κ3) is 2.23. The molecule has 0 heterocycles. The van der Waals surface area contributed by atoms with E-state index in [0.717, 1.165) is 0 Å². The normalized spacial score (nSPS) is 7.62. The Balaban J connectivity index is 3.82. The van der Waals surface area contributed by atoms with Crippen molar-refractivity contribution >= 4 is 25.1 Å². The van der Waals surface area contributed by atoms with Gasteiger partial charge in [-0.2, -0.15) is 0 Å². The molecule has 0 radical (unpaired) electrons. The van der Waals surface area contributed by atoms with Gasteiger partial charge in [-0.05, 0) is 0 Å². The standard InChI is InChI=1S/CH4O4Si3/c1-5-7(3)8(4)6-2/h6H,1H3. The Kier molecular flexibility index (Phi) is 3.73. The molecule has 0 aromatic rings. The Labute approximate surface area is 50.8 Å². The molecule has 0 fully saturated rings. The summed E-state index contributed by atoms with van der Waals surface area (Å²) in [7, 11) is -5.00. The van der Waals surface area contributed by atoms with E-state index in [1.807, 2.05) is 0 Å². The summed E-state index contributed by atoms with van der Waals surface area (Å²) in [4.78, 5) is 0. The van der Waals surface area contributed by atoms with Gasteiger partial charge in [-0.1, -0.05) is 0 Å². The molecule has 0 aliphatic heterocycles. The first kappa shape index (κ1) is 7.85. The Bertz CT molecular complexity index is 129. The fraction of sp³-hybridized carbons (Fsp3) is 1.00. The van der Waals surface area contributed by atoms with Gasteiger partial charge in [0.2, 0.25) is 0 Å². The minimum absolute atomic E-state index is 1.19. The third-order valence-electron chi connectivity index (χ3n) is 0.494. The van der Waals surface area contributed by atoms with Gasteiger partial charge in [0.25, 0.3) is 0 Å². The lowest BCUT2D eigenvalue weighted by Crippen LogP contribution is -2.23. The number of hydrogen-bond donors (Lipinski definition) is 0. The second-order valence-electron chi connectivity index (χ2n) is 0.974. The maximum Gasteiger partial charge on any atom is 0.545 e. The van der Waals surface area contributed by atoms with Crippen molar-refractivity contribution in [2.75, 3.05) is 7.11 Å². The molecule has 0 aliphatic rings. The Morgan fingerprint density at radius 2 is 2.00 bits per heavy atom. The molecular weight excluding hydrogens is 160 g/mol. The van der Waals surface area contributed by atoms with Crippen LogP contribution in [0.5, 0.6) is 0 Å². The van der Waals surface area contributed by atoms with Crippen LogP contribution < -0.4 is 0 Å². The second kappa shape index (κ2) is 3.80. The van der Waals surface area contributed by atoms with Crippen molar-refractivity contribution in [2.24, 2.45) is 0 Å². The lowest BCUT2D eigenvalue weighted by Gasteiger charge is -1.83. The molecule has 0 atom stereocenters. The fourth-order valence-corrected chi connectivity index (χ4v) is 3.27. The molecular formula is CH4O4Si3. The third-order valence-corrected chi connectivity index (χ3v) is 7.12. The van der Waals surface area contributed by atoms with Gasteiger partial charge in [0.15, 0.2) is 0 Å². The monoisotopic (exact) mass is 164 g/mol. The van der Waals surface area contributed by atoms with Crippen LogP contribution in [0.1, 0.15) is 0 Å². The number of hydrogen-bond acceptors (Lipinski definition) is 4. The summed E-state index contributed by atoms with van der Waals surface area (Å²) in [6, 6.07) is 0. The van der Waals surface area contributed by atoms with Crippen LogP contribution >= 0.6 is 0 Å². The molecule has 0 amide bonds. The quantitative estimate of drug-likeness (QED) is 0.468. The van der Waals surface area contributed by atoms with Crippen LogP contribution in [0.15, 0.2) is 0 Å². The summed E-state index contributed by atoms with van der Waals surface area (Å²) in [6.45, 7) is 0. The van der Waals surface area contributed by atoms with E-state index in [1.165, 1.54) is 7.11 Å². The van der Waals surface area contributed by atoms with Gasteiger partial charge in [-0.3, -0.25) is 0 Å². The van der Waals surface area contributed by atoms with Gasteiger partial charge in [0, 0.05) is 0 Å². The van der Waals surface area contributed by atoms with E-state index in [4.69, 9.17) is 0 Å². The van der Waals surface area contributed by atoms with E-state index < -0.39 is 25.1 Å². The molecule has 0 bridgehead atoms. The van der Waals surface area contributed by atoms with Gasteiger partial charge in [0.1, 0.15) is 0 Å². The summed E-state index contributed by atoms with van der Waals surface area (Å²) in [5.74, 6) is 0. The van der Waals surface area contributed by atoms with Gasteiger partial charge >= 0.3 is 25.1 Å². The van der Waals surface area contributed by atoms with E-state index in [9.17, 15) is 13.4 Å². The Hall–Kier alpha value is -0.149. The average molecular weight is 164 g/mol. The summed E-state index contributed by atoms with van der Waals surface area (Å²) >= 11 is 0. The van der Waals surface area contributed by atoms with Crippen molar-refractivity contribution in [1.29, 1.82) is 0 Å². The van der Waals surface area contributed by atoms with Crippen LogP contribution in [0, 0.1) is 0 Å². The average Bonchev–Trinajstić information content (AvgIpc) is 1.84. The van der Waals surface area contributed by atoms with Crippen LogP contribution in [-0.2, 0) is 17.8 Å². The van der Waals surface area contributed by atoms with Gasteiger partial charge in [-0.15, -0.1) is 0 Å². The zero-order valence-electron chi connectivity index (χ0n) is 4.21. The van der Waals surface area contributed by atoms with Crippen LogP contribution in [0.3, 0.4) is 0 Å². The van der Waals surface area contributed by atoms with Crippen LogP contribution in [-0.4, -0.2) is 32.2 Å². The summed E-state index contributed by atoms with van der Waals surface area (Å²) in [5.41, 5.74) is 0. The number of rotatable bonds is 3. The summed E-state index contributed by atoms with van der Waals surface area (Å²) in [5, 5.41) is 0. The van der Waals surface area contributed by atoms with Crippen molar-refractivity contribution in [3.8, 4) is 0 Å². The predicted molar refractivity (Wildman–Crippen MR) is 27.7 cm³/mol. The van der Waals surface area contributed by atoms with E-state index in [0.29, 0.717) is 0 Å². The molecule has 0 aromatic carbocycles. The van der Waals surface area contributed by atoms with E-state index >= 15 is 0 Å². The zero-order chi connectivity index (χ0) is 6.57. The molecule has 0 unspecified atom stereocenters. The molecule has 0 aromatic heterocycles. The summed E-state index contributed by atoms with van der Waals surface area (Å²) < 4.78 is 34.5. The highest BCUT2D eigenvalue weighted by atomic mass is 29.6. The first-order valence-electron chi connectivity index (χ1n) is 1.79. The first-order chi connectivity index (χ1) is 3.72. The van der Waals surface area contributed by atoms with Crippen LogP contribution in [0.2, 0.25) is 0 Å². The minimum Gasteiger partial charge on any atom is -0.525 e. The van der Waals surface area contributed by atoms with Gasteiger partial charge in [0.05, 0.1) is 7.11 Å². The molecule has 7 heteroatoms. The highest BCUT2D eigenvalue weighted by Gasteiger charge is 2.20. The molecule has 8 heavy (non-hydrogen) atoms. The van der Waals surface area contributed by atoms with E-state index in [1.54, 1.807) is 0 Å². The fourth-order valence-electron chi connectivity index (χ4n) is 0.149. The molecule has 0 N–H and O–H groups in total. The van der Waals surface area contributed by atoms with E-state index in [2.05, 4.69) is 4.43 Å². The minimum atomic E-state index is -2.44. The van der Waals surface area contributed by atoms with E-state index in [-0.39, 0.29) is 0 Å². The van der Waals surface area contributed by atoms with Crippen molar-refractivity contribution in [1.82, 2.24) is 0 Å². The largest absolute Gasteiger partial charge is 0.545 e. The Morgan fingerprint density at radius 1 is 1.50 bits per heavy atom. The van der Waals surface area contributed by atoms with Gasteiger partial charge < -0.3 is 17.8 Å². The van der Waals surface area contributed by atoms with Crippen molar-refractivity contribution in [2.45, 2.75) is 0 Å². The van der Waals surface area contributed by atoms with Crippen LogP contribution in [0.4, 0.5) is 0 Å². The maximum atomic E-state index is 10.3. The lowest BCUT2D eigenvalue weighted by atomic mass is 11.8. The second-order valence-corrected chi connectivity index (χ2v) is 9.64. The first-order valence-corrected chi connectivity index (χ1v) is 7.80. The van der Waals surface area contributed by atoms with Crippen LogP contribution in [0.25, 0.3) is 0 Å². The predicted octanol–water partition coefficient (Wildman–Crippen LogP) is -1.67. The lowest BCUT2D eigenvalue weighted by molar-refractivity contribution is 0.377. The molecule has 0 aliphatic carbocycles. The smallest absolute Gasteiger partial charge is 0.525 e. The zero-order valence-corrected chi connectivity index (χ0v) is 7.37. The highest BCUT2D eigenvalue weighted by molar-refractivity contribution is 7.29. The summed E-state index contributed by atoms with van der Waals surface area (Å²) in [6.07, 6.45) is 0. The van der Waals surface area contributed by atoms with Gasteiger partial charge in [-0.25, -0.2) is 0 Å². The molecule has 44 valence electrons. The maximum absolute atomic E-state index is 10.3. The van der Waals surface area contributed by atoms with Crippen molar-refractivity contribution in [3.63, 3.8) is 0 Å².